The zero-order chi connectivity index (χ0) is 22.5. The van der Waals surface area contributed by atoms with E-state index in [0.717, 1.165) is 0 Å². The van der Waals surface area contributed by atoms with Gasteiger partial charge in [-0.3, -0.25) is 10.1 Å². The van der Waals surface area contributed by atoms with Crippen LogP contribution >= 0.6 is 0 Å². The average Bonchev–Trinajstić information content (AvgIpc) is 3.43. The first kappa shape index (κ1) is 19.0. The number of fused-ring (bicyclic) bond motifs is 2. The third-order valence-electron chi connectivity index (χ3n) is 5.34. The van der Waals surface area contributed by atoms with E-state index in [-0.39, 0.29) is 28.1 Å². The number of anilines is 1. The van der Waals surface area contributed by atoms with Crippen LogP contribution in [0.1, 0.15) is 0 Å². The maximum absolute atomic E-state index is 15.6. The molecule has 5 aromatic heterocycles. The second-order valence-electron chi connectivity index (χ2n) is 7.44. The molecule has 0 aliphatic rings. The fourth-order valence-electron chi connectivity index (χ4n) is 3.84. The van der Waals surface area contributed by atoms with Crippen LogP contribution in [-0.2, 0) is 0 Å². The Morgan fingerprint density at radius 2 is 1.79 bits per heavy atom. The van der Waals surface area contributed by atoms with E-state index >= 15 is 4.39 Å². The highest BCUT2D eigenvalue weighted by Crippen LogP contribution is 2.34. The number of pyridine rings is 3. The molecule has 0 bridgehead atoms. The van der Waals surface area contributed by atoms with E-state index in [1.807, 2.05) is 0 Å². The molecule has 10 heteroatoms. The van der Waals surface area contributed by atoms with Gasteiger partial charge in [-0.25, -0.2) is 23.7 Å². The lowest BCUT2D eigenvalue weighted by Gasteiger charge is -2.05. The van der Waals surface area contributed by atoms with Gasteiger partial charge >= 0.3 is 0 Å². The molecule has 0 aliphatic carbocycles. The van der Waals surface area contributed by atoms with Crippen molar-refractivity contribution in [3.8, 4) is 33.8 Å². The summed E-state index contributed by atoms with van der Waals surface area (Å²) in [4.78, 5) is 20.3. The Morgan fingerprint density at radius 3 is 2.64 bits per heavy atom. The van der Waals surface area contributed by atoms with E-state index in [1.165, 1.54) is 30.7 Å². The standard InChI is InChI=1S/C23H14F2N8/c24-13-3-1-2-11(6-13)15-4-5-28-22-19(15)30-23(31-22)20-17-18(25)16(10-29-21(17)33-32-20)12-7-14(26)9-27-8-12/h1-10H,26H2,(H,28,30,31)(H,29,32,33). The number of nitrogens with zero attached hydrogens (tertiary/aromatic N) is 5. The predicted molar refractivity (Wildman–Crippen MR) is 120 cm³/mol. The van der Waals surface area contributed by atoms with Crippen molar-refractivity contribution < 1.29 is 8.78 Å². The first-order valence-corrected chi connectivity index (χ1v) is 9.93. The number of halogens is 2. The molecule has 1 aromatic carbocycles. The van der Waals surface area contributed by atoms with Crippen LogP contribution in [0.25, 0.3) is 56.0 Å². The maximum atomic E-state index is 15.6. The highest BCUT2D eigenvalue weighted by atomic mass is 19.1. The van der Waals surface area contributed by atoms with E-state index in [1.54, 1.807) is 30.5 Å². The summed E-state index contributed by atoms with van der Waals surface area (Å²) in [6.45, 7) is 0. The Hall–Kier alpha value is -4.73. The summed E-state index contributed by atoms with van der Waals surface area (Å²) in [5.41, 5.74) is 9.77. The topological polar surface area (TPSA) is 122 Å². The van der Waals surface area contributed by atoms with Gasteiger partial charge in [0.05, 0.1) is 11.1 Å². The lowest BCUT2D eigenvalue weighted by molar-refractivity contribution is 0.628. The summed E-state index contributed by atoms with van der Waals surface area (Å²) in [5.74, 6) is -0.589. The van der Waals surface area contributed by atoms with Crippen LogP contribution < -0.4 is 5.73 Å². The molecule has 4 N–H and O–H groups in total. The van der Waals surface area contributed by atoms with E-state index in [0.29, 0.717) is 39.4 Å². The van der Waals surface area contributed by atoms with E-state index in [2.05, 4.69) is 35.1 Å². The van der Waals surface area contributed by atoms with Crippen molar-refractivity contribution in [2.75, 3.05) is 5.73 Å². The summed E-state index contributed by atoms with van der Waals surface area (Å²) in [6.07, 6.45) is 5.99. The third-order valence-corrected chi connectivity index (χ3v) is 5.34. The lowest BCUT2D eigenvalue weighted by Crippen LogP contribution is -1.93. The number of H-pyrrole nitrogens is 2. The number of hydrogen-bond acceptors (Lipinski definition) is 6. The Bertz CT molecular complexity index is 1670. The highest BCUT2D eigenvalue weighted by molar-refractivity contribution is 5.96. The Balaban J connectivity index is 1.55. The number of nitrogens with one attached hydrogen (secondary N) is 2. The first-order valence-electron chi connectivity index (χ1n) is 9.93. The number of benzene rings is 1. The minimum Gasteiger partial charge on any atom is -0.397 e. The molecular weight excluding hydrogens is 426 g/mol. The van der Waals surface area contributed by atoms with Gasteiger partial charge in [-0.2, -0.15) is 5.10 Å². The van der Waals surface area contributed by atoms with Gasteiger partial charge in [-0.15, -0.1) is 0 Å². The van der Waals surface area contributed by atoms with Crippen molar-refractivity contribution in [2.45, 2.75) is 0 Å². The van der Waals surface area contributed by atoms with E-state index in [4.69, 9.17) is 5.73 Å². The molecule has 0 unspecified atom stereocenters. The van der Waals surface area contributed by atoms with Crippen molar-refractivity contribution in [2.24, 2.45) is 0 Å². The quantitative estimate of drug-likeness (QED) is 0.373. The molecule has 0 atom stereocenters. The Labute approximate surface area is 184 Å². The minimum absolute atomic E-state index is 0.168. The molecular formula is C23H14F2N8. The Kier molecular flexibility index (Phi) is 4.12. The van der Waals surface area contributed by atoms with Crippen molar-refractivity contribution in [3.63, 3.8) is 0 Å². The molecule has 6 aromatic rings. The molecule has 33 heavy (non-hydrogen) atoms. The fourth-order valence-corrected chi connectivity index (χ4v) is 3.84. The van der Waals surface area contributed by atoms with Gasteiger partial charge in [-0.05, 0) is 29.8 Å². The van der Waals surface area contributed by atoms with Crippen LogP contribution in [0.5, 0.6) is 0 Å². The molecule has 0 fully saturated rings. The van der Waals surface area contributed by atoms with E-state index < -0.39 is 5.82 Å². The molecule has 0 radical (unpaired) electrons. The SMILES string of the molecule is Nc1cncc(-c2cnc3[nH]nc(-c4nc5c(-c6cccc(F)c6)ccnc5[nH]4)c3c2F)c1. The molecule has 0 saturated heterocycles. The maximum Gasteiger partial charge on any atom is 0.161 e. The van der Waals surface area contributed by atoms with Crippen LogP contribution in [0.4, 0.5) is 14.5 Å². The lowest BCUT2D eigenvalue weighted by atomic mass is 10.1. The van der Waals surface area contributed by atoms with Gasteiger partial charge in [0.25, 0.3) is 0 Å². The van der Waals surface area contributed by atoms with Gasteiger partial charge < -0.3 is 10.7 Å². The predicted octanol–water partition coefficient (Wildman–Crippen LogP) is 4.49. The van der Waals surface area contributed by atoms with Crippen LogP contribution in [0, 0.1) is 11.6 Å². The summed E-state index contributed by atoms with van der Waals surface area (Å²) in [5, 5.41) is 7.15. The number of hydrogen-bond donors (Lipinski definition) is 3. The van der Waals surface area contributed by atoms with Crippen molar-refractivity contribution >= 4 is 27.9 Å². The van der Waals surface area contributed by atoms with Crippen LogP contribution in [0.3, 0.4) is 0 Å². The van der Waals surface area contributed by atoms with Gasteiger partial charge in [0.1, 0.15) is 22.8 Å². The van der Waals surface area contributed by atoms with Gasteiger partial charge in [0, 0.05) is 41.5 Å². The van der Waals surface area contributed by atoms with Crippen molar-refractivity contribution in [1.29, 1.82) is 0 Å². The van der Waals surface area contributed by atoms with Crippen LogP contribution in [-0.4, -0.2) is 35.1 Å². The normalized spacial score (nSPS) is 11.5. The van der Waals surface area contributed by atoms with Crippen LogP contribution in [0.2, 0.25) is 0 Å². The zero-order valence-corrected chi connectivity index (χ0v) is 16.8. The molecule has 8 nitrogen and oxygen atoms in total. The Morgan fingerprint density at radius 1 is 0.879 bits per heavy atom. The van der Waals surface area contributed by atoms with Crippen LogP contribution in [0.15, 0.2) is 61.2 Å². The second-order valence-corrected chi connectivity index (χ2v) is 7.44. The molecule has 160 valence electrons. The van der Waals surface area contributed by atoms with Gasteiger partial charge in [-0.1, -0.05) is 12.1 Å². The molecule has 0 spiro atoms. The van der Waals surface area contributed by atoms with Crippen molar-refractivity contribution in [3.05, 3.63) is 72.8 Å². The summed E-state index contributed by atoms with van der Waals surface area (Å²) >= 11 is 0. The monoisotopic (exact) mass is 440 g/mol. The molecule has 0 amide bonds. The fraction of sp³-hybridized carbons (Fsp3) is 0. The summed E-state index contributed by atoms with van der Waals surface area (Å²) < 4.78 is 29.4. The number of aromatic amines is 2. The second kappa shape index (κ2) is 7.16. The first-order chi connectivity index (χ1) is 16.1. The number of rotatable bonds is 3. The largest absolute Gasteiger partial charge is 0.397 e. The molecule has 0 aliphatic heterocycles. The summed E-state index contributed by atoms with van der Waals surface area (Å²) in [7, 11) is 0. The molecule has 6 rings (SSSR count). The minimum atomic E-state index is -0.532. The smallest absolute Gasteiger partial charge is 0.161 e. The molecule has 5 heterocycles. The number of aromatic nitrogens is 7. The number of nitrogen functional groups attached to an aromatic ring is 1. The molecule has 0 saturated carbocycles. The van der Waals surface area contributed by atoms with Crippen molar-refractivity contribution in [1.82, 2.24) is 35.1 Å². The summed E-state index contributed by atoms with van der Waals surface area (Å²) in [6, 6.07) is 9.57. The number of nitrogens with two attached hydrogens (primary N) is 1. The third kappa shape index (κ3) is 3.07. The average molecular weight is 440 g/mol. The van der Waals surface area contributed by atoms with E-state index in [9.17, 15) is 4.39 Å². The number of imidazole rings is 1. The van der Waals surface area contributed by atoms with Gasteiger partial charge in [0.15, 0.2) is 17.1 Å². The zero-order valence-electron chi connectivity index (χ0n) is 16.8. The highest BCUT2D eigenvalue weighted by Gasteiger charge is 2.21. The van der Waals surface area contributed by atoms with Gasteiger partial charge in [0.2, 0.25) is 0 Å².